The minimum absolute atomic E-state index is 0.0451. The second-order valence-electron chi connectivity index (χ2n) is 6.54. The number of nitrogens with zero attached hydrogens (tertiary/aromatic N) is 2. The summed E-state index contributed by atoms with van der Waals surface area (Å²) in [5, 5.41) is 14.6. The van der Waals surface area contributed by atoms with Gasteiger partial charge in [0, 0.05) is 30.1 Å². The van der Waals surface area contributed by atoms with E-state index < -0.39 is 17.6 Å². The van der Waals surface area contributed by atoms with Crippen LogP contribution in [0.3, 0.4) is 0 Å². The lowest BCUT2D eigenvalue weighted by molar-refractivity contribution is -0.137. The number of benzene rings is 2. The lowest BCUT2D eigenvalue weighted by Gasteiger charge is -2.12. The molecule has 0 spiro atoms. The predicted molar refractivity (Wildman–Crippen MR) is 108 cm³/mol. The molecule has 30 heavy (non-hydrogen) atoms. The highest BCUT2D eigenvalue weighted by molar-refractivity contribution is 6.05. The van der Waals surface area contributed by atoms with Crippen molar-refractivity contribution >= 4 is 17.4 Å². The normalized spacial score (nSPS) is 10.9. The van der Waals surface area contributed by atoms with Crippen molar-refractivity contribution in [3.63, 3.8) is 0 Å². The fourth-order valence-electron chi connectivity index (χ4n) is 2.95. The van der Waals surface area contributed by atoms with E-state index in [1.165, 1.54) is 12.1 Å². The fraction of sp³-hybridized carbons (Fsp3) is 0.136. The van der Waals surface area contributed by atoms with Gasteiger partial charge in [-0.05, 0) is 54.4 Å². The van der Waals surface area contributed by atoms with Crippen molar-refractivity contribution in [1.82, 2.24) is 4.98 Å². The molecule has 5 nitrogen and oxygen atoms in total. The van der Waals surface area contributed by atoms with Gasteiger partial charge in [-0.15, -0.1) is 0 Å². The Balaban J connectivity index is 1.92. The maximum atomic E-state index is 12.9. The van der Waals surface area contributed by atoms with Crippen LogP contribution in [-0.2, 0) is 6.18 Å². The van der Waals surface area contributed by atoms with Gasteiger partial charge in [0.2, 0.25) is 0 Å². The van der Waals surface area contributed by atoms with Crippen molar-refractivity contribution in [1.29, 1.82) is 5.26 Å². The summed E-state index contributed by atoms with van der Waals surface area (Å²) >= 11 is 0. The molecule has 0 unspecified atom stereocenters. The van der Waals surface area contributed by atoms with Crippen molar-refractivity contribution in [2.45, 2.75) is 13.1 Å². The highest BCUT2D eigenvalue weighted by atomic mass is 19.4. The molecule has 0 aliphatic rings. The van der Waals surface area contributed by atoms with E-state index in [1.807, 2.05) is 6.92 Å². The Bertz CT molecular complexity index is 1150. The van der Waals surface area contributed by atoms with Gasteiger partial charge in [0.05, 0.1) is 11.1 Å². The van der Waals surface area contributed by atoms with Crippen molar-refractivity contribution < 1.29 is 18.0 Å². The largest absolute Gasteiger partial charge is 0.416 e. The van der Waals surface area contributed by atoms with Crippen LogP contribution in [0.15, 0.2) is 54.7 Å². The number of amides is 1. The highest BCUT2D eigenvalue weighted by Crippen LogP contribution is 2.31. The first-order chi connectivity index (χ1) is 14.2. The third-order valence-corrected chi connectivity index (χ3v) is 4.50. The zero-order valence-corrected chi connectivity index (χ0v) is 16.1. The maximum Gasteiger partial charge on any atom is 0.416 e. The molecule has 3 aromatic rings. The van der Waals surface area contributed by atoms with E-state index in [0.29, 0.717) is 22.5 Å². The number of aromatic nitrogens is 1. The first-order valence-corrected chi connectivity index (χ1v) is 8.90. The molecule has 0 saturated heterocycles. The molecule has 0 radical (unpaired) electrons. The topological polar surface area (TPSA) is 77.8 Å². The van der Waals surface area contributed by atoms with Gasteiger partial charge in [0.15, 0.2) is 0 Å². The van der Waals surface area contributed by atoms with Gasteiger partial charge in [-0.3, -0.25) is 4.79 Å². The van der Waals surface area contributed by atoms with Gasteiger partial charge in [-0.2, -0.15) is 18.4 Å². The average molecular weight is 410 g/mol. The summed E-state index contributed by atoms with van der Waals surface area (Å²) in [4.78, 5) is 16.8. The second-order valence-corrected chi connectivity index (χ2v) is 6.54. The maximum absolute atomic E-state index is 12.9. The zero-order valence-electron chi connectivity index (χ0n) is 16.1. The van der Waals surface area contributed by atoms with Crippen LogP contribution in [-0.4, -0.2) is 17.9 Å². The third-order valence-electron chi connectivity index (χ3n) is 4.50. The number of alkyl halides is 3. The molecule has 0 fully saturated rings. The van der Waals surface area contributed by atoms with Crippen LogP contribution in [0.2, 0.25) is 0 Å². The molecule has 1 aromatic heterocycles. The van der Waals surface area contributed by atoms with E-state index in [4.69, 9.17) is 0 Å². The van der Waals surface area contributed by atoms with Crippen LogP contribution in [0.5, 0.6) is 0 Å². The van der Waals surface area contributed by atoms with E-state index in [0.717, 1.165) is 17.7 Å². The molecule has 8 heteroatoms. The number of anilines is 2. The first kappa shape index (κ1) is 20.9. The number of hydrogen-bond donors (Lipinski definition) is 2. The Kier molecular flexibility index (Phi) is 5.74. The van der Waals surface area contributed by atoms with Crippen LogP contribution in [0.4, 0.5) is 24.7 Å². The van der Waals surface area contributed by atoms with E-state index in [-0.39, 0.29) is 11.3 Å². The van der Waals surface area contributed by atoms with E-state index in [1.54, 1.807) is 37.5 Å². The highest BCUT2D eigenvalue weighted by Gasteiger charge is 2.30. The van der Waals surface area contributed by atoms with Gasteiger partial charge in [-0.1, -0.05) is 12.1 Å². The van der Waals surface area contributed by atoms with Crippen LogP contribution in [0.1, 0.15) is 27.0 Å². The molecule has 0 bridgehead atoms. The number of carbonyl (C=O) groups is 1. The summed E-state index contributed by atoms with van der Waals surface area (Å²) in [6, 6.07) is 13.1. The molecule has 0 atom stereocenters. The Morgan fingerprint density at radius 1 is 1.13 bits per heavy atom. The van der Waals surface area contributed by atoms with E-state index in [9.17, 15) is 23.2 Å². The lowest BCUT2D eigenvalue weighted by Crippen LogP contribution is -2.13. The van der Waals surface area contributed by atoms with Gasteiger partial charge in [0.1, 0.15) is 11.9 Å². The number of halogens is 3. The van der Waals surface area contributed by atoms with Crippen molar-refractivity contribution in [2.75, 3.05) is 17.7 Å². The zero-order chi connectivity index (χ0) is 21.9. The molecular formula is C22H17F3N4O. The molecule has 0 aliphatic carbocycles. The Morgan fingerprint density at radius 3 is 2.57 bits per heavy atom. The molecule has 2 N–H and O–H groups in total. The summed E-state index contributed by atoms with van der Waals surface area (Å²) in [7, 11) is 1.66. The fourth-order valence-corrected chi connectivity index (χ4v) is 2.95. The summed E-state index contributed by atoms with van der Waals surface area (Å²) in [5.74, 6) is -0.103. The van der Waals surface area contributed by atoms with Gasteiger partial charge in [0.25, 0.3) is 5.91 Å². The number of nitriles is 1. The number of pyridine rings is 1. The van der Waals surface area contributed by atoms with Crippen molar-refractivity contribution in [2.24, 2.45) is 0 Å². The Hall–Kier alpha value is -3.86. The molecule has 0 aliphatic heterocycles. The van der Waals surface area contributed by atoms with Crippen LogP contribution < -0.4 is 10.6 Å². The number of aryl methyl sites for hydroxylation is 1. The number of rotatable bonds is 4. The standard InChI is InChI=1S/C22H17F3N4O/c1-13-6-7-14(9-19(13)16-8-15(11-26)20(27-2)28-12-16)21(30)29-18-5-3-4-17(10-18)22(23,24)25/h3-10,12H,1-2H3,(H,27,28)(H,29,30). The minimum Gasteiger partial charge on any atom is -0.372 e. The van der Waals surface area contributed by atoms with Crippen LogP contribution in [0.25, 0.3) is 11.1 Å². The smallest absolute Gasteiger partial charge is 0.372 e. The first-order valence-electron chi connectivity index (χ1n) is 8.90. The number of nitrogens with one attached hydrogen (secondary N) is 2. The predicted octanol–water partition coefficient (Wildman–Crippen LogP) is 5.24. The second kappa shape index (κ2) is 8.25. The molecule has 152 valence electrons. The monoisotopic (exact) mass is 410 g/mol. The quantitative estimate of drug-likeness (QED) is 0.617. The van der Waals surface area contributed by atoms with Gasteiger partial charge >= 0.3 is 6.18 Å². The van der Waals surface area contributed by atoms with Crippen LogP contribution in [0, 0.1) is 18.3 Å². The van der Waals surface area contributed by atoms with Gasteiger partial charge < -0.3 is 10.6 Å². The minimum atomic E-state index is -4.50. The average Bonchev–Trinajstić information content (AvgIpc) is 2.73. The van der Waals surface area contributed by atoms with E-state index in [2.05, 4.69) is 21.7 Å². The van der Waals surface area contributed by atoms with Crippen molar-refractivity contribution in [3.05, 3.63) is 77.0 Å². The molecule has 1 heterocycles. The lowest BCUT2D eigenvalue weighted by atomic mass is 9.98. The summed E-state index contributed by atoms with van der Waals surface area (Å²) in [6.45, 7) is 1.85. The SMILES string of the molecule is CNc1ncc(-c2cc(C(=O)Nc3cccc(C(F)(F)F)c3)ccc2C)cc1C#N. The Labute approximate surface area is 171 Å². The third kappa shape index (κ3) is 4.41. The van der Waals surface area contributed by atoms with Gasteiger partial charge in [-0.25, -0.2) is 4.98 Å². The number of carbonyl (C=O) groups excluding carboxylic acids is 1. The van der Waals surface area contributed by atoms with E-state index >= 15 is 0 Å². The Morgan fingerprint density at radius 2 is 1.90 bits per heavy atom. The molecule has 2 aromatic carbocycles. The molecule has 3 rings (SSSR count). The molecular weight excluding hydrogens is 393 g/mol. The molecule has 1 amide bonds. The summed E-state index contributed by atoms with van der Waals surface area (Å²) in [6.07, 6.45) is -2.91. The molecule has 0 saturated carbocycles. The van der Waals surface area contributed by atoms with Crippen LogP contribution >= 0.6 is 0 Å². The number of hydrogen-bond acceptors (Lipinski definition) is 4. The van der Waals surface area contributed by atoms with Crippen molar-refractivity contribution in [3.8, 4) is 17.2 Å². The summed E-state index contributed by atoms with van der Waals surface area (Å²) < 4.78 is 38.6. The summed E-state index contributed by atoms with van der Waals surface area (Å²) in [5.41, 5.74) is 2.02.